The van der Waals surface area contributed by atoms with Crippen LogP contribution >= 0.6 is 0 Å². The summed E-state index contributed by atoms with van der Waals surface area (Å²) in [6, 6.07) is 12.4. The highest BCUT2D eigenvalue weighted by Crippen LogP contribution is 2.25. The summed E-state index contributed by atoms with van der Waals surface area (Å²) in [5.41, 5.74) is -0.324. The summed E-state index contributed by atoms with van der Waals surface area (Å²) in [7, 11) is 1.50. The van der Waals surface area contributed by atoms with Crippen molar-refractivity contribution >= 4 is 22.7 Å². The third-order valence-corrected chi connectivity index (χ3v) is 5.44. The van der Waals surface area contributed by atoms with Gasteiger partial charge in [-0.3, -0.25) is 4.79 Å². The fourth-order valence-corrected chi connectivity index (χ4v) is 3.75. The van der Waals surface area contributed by atoms with E-state index in [0.717, 1.165) is 5.82 Å². The SMILES string of the molecule is COc1cccc2cc(C(=O)N3CCN(c4ccc(-n5cccn5)nn4)CC3)c(=O)oc12. The van der Waals surface area contributed by atoms with E-state index < -0.39 is 5.63 Å². The summed E-state index contributed by atoms with van der Waals surface area (Å²) in [4.78, 5) is 29.2. The summed E-state index contributed by atoms with van der Waals surface area (Å²) in [5, 5.41) is 13.3. The van der Waals surface area contributed by atoms with Crippen LogP contribution in [0.3, 0.4) is 0 Å². The fraction of sp³-hybridized carbons (Fsp3) is 0.227. The molecule has 0 radical (unpaired) electrons. The molecular formula is C22H20N6O4. The average Bonchev–Trinajstić information content (AvgIpc) is 3.38. The van der Waals surface area contributed by atoms with Crippen LogP contribution < -0.4 is 15.3 Å². The number of para-hydroxylation sites is 1. The molecule has 5 rings (SSSR count). The molecule has 3 aromatic heterocycles. The number of ether oxygens (including phenoxy) is 1. The molecule has 1 saturated heterocycles. The van der Waals surface area contributed by atoms with Crippen molar-refractivity contribution in [1.29, 1.82) is 0 Å². The molecular weight excluding hydrogens is 412 g/mol. The lowest BCUT2D eigenvalue weighted by Gasteiger charge is -2.35. The Morgan fingerprint density at radius 3 is 2.50 bits per heavy atom. The number of carbonyl (C=O) groups excluding carboxylic acids is 1. The minimum absolute atomic E-state index is 0.0163. The third kappa shape index (κ3) is 3.55. The largest absolute Gasteiger partial charge is 0.493 e. The van der Waals surface area contributed by atoms with Crippen molar-refractivity contribution in [1.82, 2.24) is 24.9 Å². The van der Waals surface area contributed by atoms with Crippen LogP contribution in [0.4, 0.5) is 5.82 Å². The molecule has 0 spiro atoms. The Balaban J connectivity index is 1.29. The van der Waals surface area contributed by atoms with E-state index in [2.05, 4.69) is 20.2 Å². The lowest BCUT2D eigenvalue weighted by molar-refractivity contribution is 0.0742. The number of carbonyl (C=O) groups is 1. The van der Waals surface area contributed by atoms with Crippen molar-refractivity contribution in [3.05, 3.63) is 70.8 Å². The van der Waals surface area contributed by atoms with Gasteiger partial charge in [0.25, 0.3) is 5.91 Å². The zero-order chi connectivity index (χ0) is 22.1. The maximum Gasteiger partial charge on any atom is 0.349 e. The summed E-state index contributed by atoms with van der Waals surface area (Å²) >= 11 is 0. The normalized spacial score (nSPS) is 14.0. The molecule has 0 unspecified atom stereocenters. The summed E-state index contributed by atoms with van der Waals surface area (Å²) in [5.74, 6) is 1.47. The fourth-order valence-electron chi connectivity index (χ4n) is 3.75. The minimum atomic E-state index is -0.672. The first kappa shape index (κ1) is 19.7. The van der Waals surface area contributed by atoms with Gasteiger partial charge in [-0.15, -0.1) is 10.2 Å². The van der Waals surface area contributed by atoms with Crippen molar-refractivity contribution in [3.63, 3.8) is 0 Å². The van der Waals surface area contributed by atoms with Gasteiger partial charge in [0.15, 0.2) is 23.0 Å². The Labute approximate surface area is 182 Å². The zero-order valence-electron chi connectivity index (χ0n) is 17.3. The Morgan fingerprint density at radius 1 is 1.03 bits per heavy atom. The van der Waals surface area contributed by atoms with Crippen LogP contribution in [-0.4, -0.2) is 64.1 Å². The van der Waals surface area contributed by atoms with E-state index in [1.165, 1.54) is 7.11 Å². The Morgan fingerprint density at radius 2 is 1.81 bits per heavy atom. The van der Waals surface area contributed by atoms with E-state index in [1.807, 2.05) is 18.2 Å². The molecule has 1 aliphatic rings. The molecule has 4 aromatic rings. The van der Waals surface area contributed by atoms with Gasteiger partial charge in [0.05, 0.1) is 7.11 Å². The standard InChI is InChI=1S/C22H20N6O4/c1-31-17-5-2-4-15-14-16(22(30)32-20(15)17)21(29)27-12-10-26(11-13-27)18-6-7-19(25-24-18)28-9-3-8-23-28/h2-9,14H,10-13H2,1H3. The first-order chi connectivity index (χ1) is 15.6. The predicted octanol–water partition coefficient (Wildman–Crippen LogP) is 1.74. The predicted molar refractivity (Wildman–Crippen MR) is 116 cm³/mol. The molecule has 4 heterocycles. The molecule has 10 heteroatoms. The molecule has 0 aliphatic carbocycles. The molecule has 1 aliphatic heterocycles. The maximum atomic E-state index is 13.0. The maximum absolute atomic E-state index is 13.0. The number of nitrogens with zero attached hydrogens (tertiary/aromatic N) is 6. The molecule has 0 bridgehead atoms. The summed E-state index contributed by atoms with van der Waals surface area (Å²) < 4.78 is 12.3. The number of fused-ring (bicyclic) bond motifs is 1. The highest BCUT2D eigenvalue weighted by Gasteiger charge is 2.26. The number of piperazine rings is 1. The monoisotopic (exact) mass is 432 g/mol. The molecule has 0 N–H and O–H groups in total. The van der Waals surface area contributed by atoms with Crippen LogP contribution in [0.5, 0.6) is 5.75 Å². The number of benzene rings is 1. The summed E-state index contributed by atoms with van der Waals surface area (Å²) in [6.07, 6.45) is 3.48. The highest BCUT2D eigenvalue weighted by atomic mass is 16.5. The van der Waals surface area contributed by atoms with E-state index in [1.54, 1.807) is 46.2 Å². The van der Waals surface area contributed by atoms with Crippen molar-refractivity contribution in [2.45, 2.75) is 0 Å². The van der Waals surface area contributed by atoms with Gasteiger partial charge in [-0.25, -0.2) is 9.48 Å². The van der Waals surface area contributed by atoms with Gasteiger partial charge in [-0.1, -0.05) is 12.1 Å². The van der Waals surface area contributed by atoms with Crippen LogP contribution in [0, 0.1) is 0 Å². The van der Waals surface area contributed by atoms with Crippen LogP contribution in [0.2, 0.25) is 0 Å². The lowest BCUT2D eigenvalue weighted by atomic mass is 10.1. The average molecular weight is 432 g/mol. The van der Waals surface area contributed by atoms with Gasteiger partial charge in [0, 0.05) is 44.0 Å². The number of anilines is 1. The minimum Gasteiger partial charge on any atom is -0.493 e. The van der Waals surface area contributed by atoms with Gasteiger partial charge < -0.3 is 19.0 Å². The molecule has 10 nitrogen and oxygen atoms in total. The second-order valence-corrected chi connectivity index (χ2v) is 7.31. The second-order valence-electron chi connectivity index (χ2n) is 7.31. The molecule has 1 aromatic carbocycles. The van der Waals surface area contributed by atoms with Crippen molar-refractivity contribution in [2.75, 3.05) is 38.2 Å². The number of hydrogen-bond donors (Lipinski definition) is 0. The number of amides is 1. The number of methoxy groups -OCH3 is 1. The molecule has 1 fully saturated rings. The van der Waals surface area contributed by atoms with Crippen LogP contribution in [0.25, 0.3) is 16.8 Å². The Hall–Kier alpha value is -4.21. The third-order valence-electron chi connectivity index (χ3n) is 5.44. The molecule has 0 saturated carbocycles. The first-order valence-electron chi connectivity index (χ1n) is 10.1. The van der Waals surface area contributed by atoms with Gasteiger partial charge in [-0.05, 0) is 30.3 Å². The summed E-state index contributed by atoms with van der Waals surface area (Å²) in [6.45, 7) is 2.07. The Kier molecular flexibility index (Phi) is 5.02. The van der Waals surface area contributed by atoms with Crippen LogP contribution in [-0.2, 0) is 0 Å². The van der Waals surface area contributed by atoms with E-state index >= 15 is 0 Å². The first-order valence-corrected chi connectivity index (χ1v) is 10.1. The number of rotatable bonds is 4. The number of hydrogen-bond acceptors (Lipinski definition) is 8. The van der Waals surface area contributed by atoms with Gasteiger partial charge >= 0.3 is 5.63 Å². The molecule has 1 amide bonds. The zero-order valence-corrected chi connectivity index (χ0v) is 17.3. The van der Waals surface area contributed by atoms with Gasteiger partial charge in [-0.2, -0.15) is 5.10 Å². The lowest BCUT2D eigenvalue weighted by Crippen LogP contribution is -2.49. The van der Waals surface area contributed by atoms with E-state index in [9.17, 15) is 9.59 Å². The number of aromatic nitrogens is 4. The van der Waals surface area contributed by atoms with Crippen molar-refractivity contribution in [2.24, 2.45) is 0 Å². The Bertz CT molecular complexity index is 1310. The second kappa shape index (κ2) is 8.14. The van der Waals surface area contributed by atoms with E-state index in [0.29, 0.717) is 48.7 Å². The quantitative estimate of drug-likeness (QED) is 0.449. The highest BCUT2D eigenvalue weighted by molar-refractivity contribution is 5.97. The van der Waals surface area contributed by atoms with Crippen LogP contribution in [0.1, 0.15) is 10.4 Å². The van der Waals surface area contributed by atoms with E-state index in [4.69, 9.17) is 9.15 Å². The van der Waals surface area contributed by atoms with Crippen molar-refractivity contribution < 1.29 is 13.9 Å². The van der Waals surface area contributed by atoms with E-state index in [-0.39, 0.29) is 11.5 Å². The van der Waals surface area contributed by atoms with Crippen LogP contribution in [0.15, 0.2) is 64.1 Å². The molecule has 162 valence electrons. The van der Waals surface area contributed by atoms with Gasteiger partial charge in [0.1, 0.15) is 5.56 Å². The molecule has 0 atom stereocenters. The topological polar surface area (TPSA) is 107 Å². The smallest absolute Gasteiger partial charge is 0.349 e. The van der Waals surface area contributed by atoms with Crippen molar-refractivity contribution in [3.8, 4) is 11.6 Å². The van der Waals surface area contributed by atoms with Gasteiger partial charge in [0.2, 0.25) is 0 Å². The molecule has 32 heavy (non-hydrogen) atoms.